The summed E-state index contributed by atoms with van der Waals surface area (Å²) in [6.45, 7) is 0.407. The largest absolute Gasteiger partial charge is 0.354 e. The molecule has 1 aromatic rings. The van der Waals surface area contributed by atoms with Gasteiger partial charge in [0.15, 0.2) is 12.6 Å². The van der Waals surface area contributed by atoms with Crippen molar-refractivity contribution in [3.05, 3.63) is 35.9 Å². The lowest BCUT2D eigenvalue weighted by atomic mass is 9.94. The van der Waals surface area contributed by atoms with Crippen molar-refractivity contribution in [2.75, 3.05) is 13.7 Å². The summed E-state index contributed by atoms with van der Waals surface area (Å²) in [5, 5.41) is 0. The molecule has 6 atom stereocenters. The minimum atomic E-state index is -0.522. The van der Waals surface area contributed by atoms with Gasteiger partial charge in [-0.3, -0.25) is 0 Å². The Kier molecular flexibility index (Phi) is 4.02. The molecule has 6 nitrogen and oxygen atoms in total. The van der Waals surface area contributed by atoms with E-state index < -0.39 is 18.6 Å². The van der Waals surface area contributed by atoms with Gasteiger partial charge in [-0.15, -0.1) is 0 Å². The maximum Gasteiger partial charge on any atom is 0.184 e. The third-order valence-electron chi connectivity index (χ3n) is 3.81. The standard InChI is InChI=1S/C14H20N2O4/c1-17-14-11(16)10(15)12-9(19-14)7-18-13(20-12)8-5-3-2-4-6-8/h2-6,9-14H,7,15-16H2,1H3/t9-,10-,11+,12-,13+,14-/m1/s1. The van der Waals surface area contributed by atoms with Gasteiger partial charge in [0.2, 0.25) is 0 Å². The first-order chi connectivity index (χ1) is 9.70. The molecule has 0 radical (unpaired) electrons. The molecule has 0 amide bonds. The van der Waals surface area contributed by atoms with Crippen LogP contribution in [0, 0.1) is 0 Å². The second-order valence-electron chi connectivity index (χ2n) is 5.11. The van der Waals surface area contributed by atoms with Crippen molar-refractivity contribution in [1.29, 1.82) is 0 Å². The van der Waals surface area contributed by atoms with E-state index in [1.165, 1.54) is 0 Å². The van der Waals surface area contributed by atoms with E-state index in [4.69, 9.17) is 30.4 Å². The summed E-state index contributed by atoms with van der Waals surface area (Å²) >= 11 is 0. The molecule has 110 valence electrons. The minimum absolute atomic E-state index is 0.255. The lowest BCUT2D eigenvalue weighted by molar-refractivity contribution is -0.321. The Morgan fingerprint density at radius 1 is 1.10 bits per heavy atom. The molecule has 4 N–H and O–H groups in total. The summed E-state index contributed by atoms with van der Waals surface area (Å²) in [5.41, 5.74) is 13.2. The summed E-state index contributed by atoms with van der Waals surface area (Å²) in [5.74, 6) is 0. The van der Waals surface area contributed by atoms with E-state index in [1.54, 1.807) is 7.11 Å². The topological polar surface area (TPSA) is 89.0 Å². The van der Waals surface area contributed by atoms with Crippen molar-refractivity contribution in [3.63, 3.8) is 0 Å². The van der Waals surface area contributed by atoms with Crippen molar-refractivity contribution in [1.82, 2.24) is 0 Å². The van der Waals surface area contributed by atoms with Crippen molar-refractivity contribution in [2.24, 2.45) is 11.5 Å². The Bertz CT molecular complexity index is 442. The Morgan fingerprint density at radius 3 is 2.55 bits per heavy atom. The van der Waals surface area contributed by atoms with E-state index in [2.05, 4.69) is 0 Å². The van der Waals surface area contributed by atoms with Crippen LogP contribution in [0.3, 0.4) is 0 Å². The van der Waals surface area contributed by atoms with Crippen LogP contribution in [0.2, 0.25) is 0 Å². The van der Waals surface area contributed by atoms with Gasteiger partial charge >= 0.3 is 0 Å². The summed E-state index contributed by atoms with van der Waals surface area (Å²) in [6.07, 6.45) is -1.50. The minimum Gasteiger partial charge on any atom is -0.354 e. The molecule has 20 heavy (non-hydrogen) atoms. The highest BCUT2D eigenvalue weighted by atomic mass is 16.7. The van der Waals surface area contributed by atoms with Crippen LogP contribution < -0.4 is 11.5 Å². The van der Waals surface area contributed by atoms with Crippen LogP contribution in [0.15, 0.2) is 30.3 Å². The molecule has 2 heterocycles. The summed E-state index contributed by atoms with van der Waals surface area (Å²) in [4.78, 5) is 0. The van der Waals surface area contributed by atoms with Crippen LogP contribution >= 0.6 is 0 Å². The summed E-state index contributed by atoms with van der Waals surface area (Å²) < 4.78 is 22.6. The SMILES string of the molecule is CO[C@@H]1O[C@@H]2CO[C@H](c3ccccc3)O[C@H]2[C@H](N)[C@@H]1N. The predicted molar refractivity (Wildman–Crippen MR) is 71.6 cm³/mol. The monoisotopic (exact) mass is 280 g/mol. The van der Waals surface area contributed by atoms with Crippen LogP contribution in [-0.4, -0.2) is 44.3 Å². The highest BCUT2D eigenvalue weighted by Crippen LogP contribution is 2.32. The first-order valence-electron chi connectivity index (χ1n) is 6.72. The van der Waals surface area contributed by atoms with E-state index in [9.17, 15) is 0 Å². The molecule has 2 aliphatic heterocycles. The maximum absolute atomic E-state index is 6.17. The van der Waals surface area contributed by atoms with Crippen LogP contribution in [0.4, 0.5) is 0 Å². The number of methoxy groups -OCH3 is 1. The predicted octanol–water partition coefficient (Wildman–Crippen LogP) is 0.127. The highest BCUT2D eigenvalue weighted by molar-refractivity contribution is 5.16. The Labute approximate surface area is 117 Å². The summed E-state index contributed by atoms with van der Waals surface area (Å²) in [7, 11) is 1.55. The normalized spacial score (nSPS) is 41.1. The molecule has 0 aromatic heterocycles. The summed E-state index contributed by atoms with van der Waals surface area (Å²) in [6, 6.07) is 8.97. The lowest BCUT2D eigenvalue weighted by Crippen LogP contribution is -2.67. The zero-order chi connectivity index (χ0) is 14.1. The number of hydrogen-bond acceptors (Lipinski definition) is 6. The fraction of sp³-hybridized carbons (Fsp3) is 0.571. The van der Waals surface area contributed by atoms with Gasteiger partial charge in [-0.2, -0.15) is 0 Å². The number of benzene rings is 1. The average Bonchev–Trinajstić information content (AvgIpc) is 2.51. The Morgan fingerprint density at radius 2 is 1.85 bits per heavy atom. The molecule has 0 spiro atoms. The zero-order valence-corrected chi connectivity index (χ0v) is 11.3. The van der Waals surface area contributed by atoms with Crippen LogP contribution in [0.5, 0.6) is 0 Å². The third-order valence-corrected chi connectivity index (χ3v) is 3.81. The van der Waals surface area contributed by atoms with E-state index in [0.717, 1.165) is 5.56 Å². The number of rotatable bonds is 2. The number of fused-ring (bicyclic) bond motifs is 1. The van der Waals surface area contributed by atoms with Gasteiger partial charge in [-0.1, -0.05) is 30.3 Å². The van der Waals surface area contributed by atoms with Crippen molar-refractivity contribution >= 4 is 0 Å². The third kappa shape index (κ3) is 2.46. The zero-order valence-electron chi connectivity index (χ0n) is 11.3. The smallest absolute Gasteiger partial charge is 0.184 e. The molecule has 6 heteroatoms. The second-order valence-corrected chi connectivity index (χ2v) is 5.11. The van der Waals surface area contributed by atoms with Gasteiger partial charge in [-0.05, 0) is 0 Å². The first-order valence-corrected chi connectivity index (χ1v) is 6.72. The van der Waals surface area contributed by atoms with Crippen molar-refractivity contribution < 1.29 is 18.9 Å². The van der Waals surface area contributed by atoms with Crippen LogP contribution in [0.25, 0.3) is 0 Å². The van der Waals surface area contributed by atoms with Crippen molar-refractivity contribution in [2.45, 2.75) is 36.9 Å². The quantitative estimate of drug-likeness (QED) is 0.800. The van der Waals surface area contributed by atoms with E-state index in [1.807, 2.05) is 30.3 Å². The van der Waals surface area contributed by atoms with Crippen LogP contribution in [-0.2, 0) is 18.9 Å². The van der Waals surface area contributed by atoms with Gasteiger partial charge in [-0.25, -0.2) is 0 Å². The van der Waals surface area contributed by atoms with E-state index in [0.29, 0.717) is 6.61 Å². The average molecular weight is 280 g/mol. The molecule has 2 aliphatic rings. The molecule has 1 aromatic carbocycles. The van der Waals surface area contributed by atoms with Gasteiger partial charge in [0.25, 0.3) is 0 Å². The second kappa shape index (κ2) is 5.77. The molecular weight excluding hydrogens is 260 g/mol. The van der Waals surface area contributed by atoms with Gasteiger partial charge in [0.1, 0.15) is 12.2 Å². The number of hydrogen-bond donors (Lipinski definition) is 2. The molecule has 3 rings (SSSR count). The Hall–Kier alpha value is -1.02. The maximum atomic E-state index is 6.17. The molecule has 0 unspecified atom stereocenters. The fourth-order valence-corrected chi connectivity index (χ4v) is 2.66. The Balaban J connectivity index is 1.74. The van der Waals surface area contributed by atoms with Crippen LogP contribution in [0.1, 0.15) is 11.9 Å². The fourth-order valence-electron chi connectivity index (χ4n) is 2.66. The lowest BCUT2D eigenvalue weighted by Gasteiger charge is -2.47. The van der Waals surface area contributed by atoms with E-state index in [-0.39, 0.29) is 18.2 Å². The highest BCUT2D eigenvalue weighted by Gasteiger charge is 2.47. The van der Waals surface area contributed by atoms with Gasteiger partial charge in [0.05, 0.1) is 18.7 Å². The van der Waals surface area contributed by atoms with Gasteiger partial charge < -0.3 is 30.4 Å². The van der Waals surface area contributed by atoms with Crippen molar-refractivity contribution in [3.8, 4) is 0 Å². The molecule has 0 saturated carbocycles. The first kappa shape index (κ1) is 13.9. The van der Waals surface area contributed by atoms with Gasteiger partial charge in [0, 0.05) is 12.7 Å². The molecule has 2 fully saturated rings. The number of nitrogens with two attached hydrogens (primary N) is 2. The number of ether oxygens (including phenoxy) is 4. The molecule has 0 aliphatic carbocycles. The molecule has 0 bridgehead atoms. The molecular formula is C14H20N2O4. The van der Waals surface area contributed by atoms with E-state index >= 15 is 0 Å². The molecule has 2 saturated heterocycles.